The van der Waals surface area contributed by atoms with E-state index >= 15 is 0 Å². The summed E-state index contributed by atoms with van der Waals surface area (Å²) < 4.78 is 11.6. The molecule has 0 aliphatic heterocycles. The van der Waals surface area contributed by atoms with Crippen LogP contribution < -0.4 is 5.73 Å². The molecule has 0 radical (unpaired) electrons. The Labute approximate surface area is 127 Å². The summed E-state index contributed by atoms with van der Waals surface area (Å²) in [5.41, 5.74) is 5.66. The maximum absolute atomic E-state index is 6.08. The first-order chi connectivity index (χ1) is 10.0. The van der Waals surface area contributed by atoms with E-state index in [9.17, 15) is 0 Å². The molecule has 1 fully saturated rings. The fourth-order valence-electron chi connectivity index (χ4n) is 3.28. The zero-order chi connectivity index (χ0) is 15.5. The number of ether oxygens (including phenoxy) is 1. The number of hydrogen-bond donors (Lipinski definition) is 1. The molecule has 1 heterocycles. The normalized spacial score (nSPS) is 29.3. The van der Waals surface area contributed by atoms with Gasteiger partial charge in [0.15, 0.2) is 0 Å². The van der Waals surface area contributed by atoms with Gasteiger partial charge in [-0.15, -0.1) is 0 Å². The van der Waals surface area contributed by atoms with Crippen LogP contribution in [0.3, 0.4) is 0 Å². The zero-order valence-electron chi connectivity index (χ0n) is 13.8. The average Bonchev–Trinajstić information content (AvgIpc) is 2.92. The molecule has 2 N–H and O–H groups in total. The topological polar surface area (TPSA) is 74.2 Å². The van der Waals surface area contributed by atoms with Crippen LogP contribution in [-0.2, 0) is 10.3 Å². The first kappa shape index (κ1) is 16.4. The Kier molecular flexibility index (Phi) is 5.38. The highest BCUT2D eigenvalue weighted by molar-refractivity contribution is 5.06. The predicted molar refractivity (Wildman–Crippen MR) is 81.9 cm³/mol. The van der Waals surface area contributed by atoms with Gasteiger partial charge >= 0.3 is 0 Å². The molecule has 2 unspecified atom stereocenters. The van der Waals surface area contributed by atoms with Crippen LogP contribution in [0, 0.1) is 5.92 Å². The van der Waals surface area contributed by atoms with Crippen molar-refractivity contribution in [1.29, 1.82) is 0 Å². The van der Waals surface area contributed by atoms with E-state index in [4.69, 9.17) is 15.0 Å². The molecule has 1 aliphatic rings. The predicted octanol–water partition coefficient (Wildman–Crippen LogP) is 3.35. The lowest BCUT2D eigenvalue weighted by Crippen LogP contribution is -2.35. The summed E-state index contributed by atoms with van der Waals surface area (Å²) in [6, 6.07) is 0.0118. The maximum atomic E-state index is 6.08. The second-order valence-electron chi connectivity index (χ2n) is 6.44. The molecule has 0 amide bonds. The van der Waals surface area contributed by atoms with Gasteiger partial charge < -0.3 is 15.0 Å². The molecule has 2 rings (SSSR count). The fourth-order valence-corrected chi connectivity index (χ4v) is 3.28. The molecule has 0 aromatic carbocycles. The Hall–Kier alpha value is -0.940. The van der Waals surface area contributed by atoms with E-state index in [1.807, 2.05) is 13.8 Å². The lowest BCUT2D eigenvalue weighted by Gasteiger charge is -2.36. The van der Waals surface area contributed by atoms with E-state index in [2.05, 4.69) is 24.0 Å². The van der Waals surface area contributed by atoms with Gasteiger partial charge in [-0.3, -0.25) is 0 Å². The van der Waals surface area contributed by atoms with Crippen molar-refractivity contribution in [3.63, 3.8) is 0 Å². The van der Waals surface area contributed by atoms with E-state index in [1.54, 1.807) is 0 Å². The summed E-state index contributed by atoms with van der Waals surface area (Å²) in [7, 11) is 0. The van der Waals surface area contributed by atoms with Crippen molar-refractivity contribution in [3.05, 3.63) is 11.7 Å². The molecule has 2 atom stereocenters. The van der Waals surface area contributed by atoms with Crippen molar-refractivity contribution in [2.75, 3.05) is 6.61 Å². The molecule has 1 saturated carbocycles. The highest BCUT2D eigenvalue weighted by Gasteiger charge is 2.41. The SMILES string of the molecule is CCOC1(c2noc(C(CC)C(C)N)n2)CCC(C)CC1. The van der Waals surface area contributed by atoms with Crippen LogP contribution >= 0.6 is 0 Å². The Bertz CT molecular complexity index is 436. The van der Waals surface area contributed by atoms with Gasteiger partial charge in [0.25, 0.3) is 0 Å². The van der Waals surface area contributed by atoms with Crippen molar-refractivity contribution in [2.24, 2.45) is 11.7 Å². The van der Waals surface area contributed by atoms with Crippen LogP contribution in [0.25, 0.3) is 0 Å². The van der Waals surface area contributed by atoms with E-state index in [0.29, 0.717) is 18.3 Å². The quantitative estimate of drug-likeness (QED) is 0.871. The number of aromatic nitrogens is 2. The molecule has 1 aliphatic carbocycles. The van der Waals surface area contributed by atoms with Gasteiger partial charge in [0, 0.05) is 12.6 Å². The van der Waals surface area contributed by atoms with Crippen molar-refractivity contribution in [3.8, 4) is 0 Å². The van der Waals surface area contributed by atoms with Crippen LogP contribution in [0.2, 0.25) is 0 Å². The highest BCUT2D eigenvalue weighted by Crippen LogP contribution is 2.41. The third kappa shape index (κ3) is 3.46. The average molecular weight is 295 g/mol. The molecule has 21 heavy (non-hydrogen) atoms. The molecule has 120 valence electrons. The summed E-state index contributed by atoms with van der Waals surface area (Å²) in [6.45, 7) is 9.07. The summed E-state index contributed by atoms with van der Waals surface area (Å²) in [5, 5.41) is 4.24. The standard InChI is InChI=1S/C16H29N3O2/c1-5-13(12(4)17)14-18-15(19-21-14)16(20-6-2)9-7-11(3)8-10-16/h11-13H,5-10,17H2,1-4H3. The highest BCUT2D eigenvalue weighted by atomic mass is 16.5. The van der Waals surface area contributed by atoms with Crippen LogP contribution in [0.5, 0.6) is 0 Å². The molecule has 1 aromatic rings. The molecule has 5 nitrogen and oxygen atoms in total. The van der Waals surface area contributed by atoms with E-state index in [1.165, 1.54) is 0 Å². The van der Waals surface area contributed by atoms with E-state index < -0.39 is 0 Å². The lowest BCUT2D eigenvalue weighted by atomic mass is 9.79. The van der Waals surface area contributed by atoms with Gasteiger partial charge in [0.05, 0.1) is 5.92 Å². The molecular formula is C16H29N3O2. The summed E-state index contributed by atoms with van der Waals surface area (Å²) >= 11 is 0. The van der Waals surface area contributed by atoms with Crippen molar-refractivity contribution in [2.45, 2.75) is 77.4 Å². The minimum atomic E-state index is -0.362. The van der Waals surface area contributed by atoms with Crippen molar-refractivity contribution < 1.29 is 9.26 Å². The number of rotatable bonds is 6. The molecule has 0 bridgehead atoms. The minimum Gasteiger partial charge on any atom is -0.367 e. The van der Waals surface area contributed by atoms with Crippen LogP contribution in [0.1, 0.15) is 77.4 Å². The third-order valence-electron chi connectivity index (χ3n) is 4.74. The monoisotopic (exact) mass is 295 g/mol. The largest absolute Gasteiger partial charge is 0.367 e. The zero-order valence-corrected chi connectivity index (χ0v) is 13.8. The first-order valence-electron chi connectivity index (χ1n) is 8.26. The molecule has 0 spiro atoms. The lowest BCUT2D eigenvalue weighted by molar-refractivity contribution is -0.0847. The summed E-state index contributed by atoms with van der Waals surface area (Å²) in [4.78, 5) is 4.66. The summed E-state index contributed by atoms with van der Waals surface area (Å²) in [5.74, 6) is 2.23. The Morgan fingerprint density at radius 1 is 1.38 bits per heavy atom. The summed E-state index contributed by atoms with van der Waals surface area (Å²) in [6.07, 6.45) is 5.13. The van der Waals surface area contributed by atoms with Gasteiger partial charge in [-0.05, 0) is 51.9 Å². The van der Waals surface area contributed by atoms with Crippen molar-refractivity contribution >= 4 is 0 Å². The number of nitrogens with zero attached hydrogens (tertiary/aromatic N) is 2. The second kappa shape index (κ2) is 6.88. The van der Waals surface area contributed by atoms with Crippen LogP contribution in [0.15, 0.2) is 4.52 Å². The fraction of sp³-hybridized carbons (Fsp3) is 0.875. The van der Waals surface area contributed by atoms with Gasteiger partial charge in [0.1, 0.15) is 5.60 Å². The molecule has 0 saturated heterocycles. The van der Waals surface area contributed by atoms with E-state index in [0.717, 1.165) is 38.0 Å². The van der Waals surface area contributed by atoms with E-state index in [-0.39, 0.29) is 17.6 Å². The van der Waals surface area contributed by atoms with Gasteiger partial charge in [-0.1, -0.05) is 19.0 Å². The van der Waals surface area contributed by atoms with Gasteiger partial charge in [0.2, 0.25) is 11.7 Å². The molecular weight excluding hydrogens is 266 g/mol. The molecule has 1 aromatic heterocycles. The van der Waals surface area contributed by atoms with Gasteiger partial charge in [-0.2, -0.15) is 4.98 Å². The Morgan fingerprint density at radius 2 is 2.05 bits per heavy atom. The number of hydrogen-bond acceptors (Lipinski definition) is 5. The van der Waals surface area contributed by atoms with Crippen LogP contribution in [-0.4, -0.2) is 22.8 Å². The third-order valence-corrected chi connectivity index (χ3v) is 4.74. The molecule has 5 heteroatoms. The maximum Gasteiger partial charge on any atom is 0.231 e. The van der Waals surface area contributed by atoms with Crippen LogP contribution in [0.4, 0.5) is 0 Å². The Balaban J connectivity index is 2.24. The second-order valence-corrected chi connectivity index (χ2v) is 6.44. The number of nitrogens with two attached hydrogens (primary N) is 1. The first-order valence-corrected chi connectivity index (χ1v) is 8.26. The van der Waals surface area contributed by atoms with Gasteiger partial charge in [-0.25, -0.2) is 0 Å². The minimum absolute atomic E-state index is 0.0118. The smallest absolute Gasteiger partial charge is 0.231 e. The Morgan fingerprint density at radius 3 is 2.57 bits per heavy atom. The van der Waals surface area contributed by atoms with Crippen molar-refractivity contribution in [1.82, 2.24) is 10.1 Å².